The topological polar surface area (TPSA) is 140 Å². The average molecular weight is 666 g/mol. The van der Waals surface area contributed by atoms with Crippen molar-refractivity contribution in [2.75, 3.05) is 14.2 Å². The standard InChI is InChI=1S/C35H31N5O7S/c1-20(2)47-34(42)30-21(3)36-35-39(32(30)22-11-14-26(45-4)15-12-22)33(41)29(48-35)18-24-19-38(25-9-7-6-8-10-25)37-31(24)23-13-16-28(46-5)27(17-23)40(43)44/h6-20,32H,1-5H3/b29-18+/t32-/m1/s1. The Hall–Kier alpha value is -5.82. The first kappa shape index (κ1) is 32.1. The number of ether oxygens (including phenoxy) is 3. The molecule has 0 bridgehead atoms. The summed E-state index contributed by atoms with van der Waals surface area (Å²) in [5.41, 5.74) is 2.96. The molecule has 0 aliphatic carbocycles. The number of carbonyl (C=O) groups is 1. The summed E-state index contributed by atoms with van der Waals surface area (Å²) >= 11 is 1.17. The zero-order valence-electron chi connectivity index (χ0n) is 26.7. The third-order valence-corrected chi connectivity index (χ3v) is 8.70. The minimum atomic E-state index is -0.809. The van der Waals surface area contributed by atoms with Gasteiger partial charge in [0.25, 0.3) is 5.56 Å². The molecule has 3 aromatic carbocycles. The van der Waals surface area contributed by atoms with Gasteiger partial charge in [-0.05, 0) is 68.8 Å². The summed E-state index contributed by atoms with van der Waals surface area (Å²) < 4.78 is 19.6. The average Bonchev–Trinajstić information content (AvgIpc) is 3.64. The van der Waals surface area contributed by atoms with Crippen LogP contribution in [0.25, 0.3) is 23.0 Å². The molecule has 2 aromatic heterocycles. The summed E-state index contributed by atoms with van der Waals surface area (Å²) in [6.07, 6.45) is 3.07. The summed E-state index contributed by atoms with van der Waals surface area (Å²) in [5, 5.41) is 16.6. The van der Waals surface area contributed by atoms with Gasteiger partial charge in [0.2, 0.25) is 0 Å². The zero-order chi connectivity index (χ0) is 34.1. The van der Waals surface area contributed by atoms with Crippen LogP contribution in [0.4, 0.5) is 5.69 Å². The fraction of sp³-hybridized carbons (Fsp3) is 0.200. The van der Waals surface area contributed by atoms with Crippen molar-refractivity contribution in [3.63, 3.8) is 0 Å². The Morgan fingerprint density at radius 3 is 2.42 bits per heavy atom. The summed E-state index contributed by atoms with van der Waals surface area (Å²) in [6.45, 7) is 5.25. The highest BCUT2D eigenvalue weighted by atomic mass is 32.1. The van der Waals surface area contributed by atoms with E-state index in [4.69, 9.17) is 19.3 Å². The highest BCUT2D eigenvalue weighted by molar-refractivity contribution is 7.07. The van der Waals surface area contributed by atoms with Gasteiger partial charge in [0.05, 0.1) is 52.8 Å². The number of benzene rings is 3. The van der Waals surface area contributed by atoms with Crippen LogP contribution in [0, 0.1) is 10.1 Å². The molecule has 48 heavy (non-hydrogen) atoms. The Kier molecular flexibility index (Phi) is 8.78. The van der Waals surface area contributed by atoms with E-state index in [1.165, 1.54) is 35.1 Å². The van der Waals surface area contributed by atoms with E-state index in [9.17, 15) is 19.7 Å². The quantitative estimate of drug-likeness (QED) is 0.122. The Bertz CT molecular complexity index is 2250. The SMILES string of the molecule is COc1ccc([C@@H]2C(C(=O)OC(C)C)=C(C)N=c3s/c(=C/c4cn(-c5ccccc5)nc4-c4ccc(OC)c([N+](=O)[O-])c4)c(=O)n32)cc1. The van der Waals surface area contributed by atoms with Crippen LogP contribution >= 0.6 is 11.3 Å². The molecule has 0 unspecified atom stereocenters. The molecule has 244 valence electrons. The number of nitro groups is 1. The highest BCUT2D eigenvalue weighted by Gasteiger charge is 2.34. The molecule has 0 saturated carbocycles. The number of nitrogens with zero attached hydrogens (tertiary/aromatic N) is 5. The molecule has 0 amide bonds. The molecule has 0 fully saturated rings. The lowest BCUT2D eigenvalue weighted by atomic mass is 9.96. The number of hydrogen-bond donors (Lipinski definition) is 0. The van der Waals surface area contributed by atoms with Crippen molar-refractivity contribution in [3.8, 4) is 28.4 Å². The summed E-state index contributed by atoms with van der Waals surface area (Å²) in [4.78, 5) is 44.2. The molecule has 1 aliphatic rings. The third-order valence-electron chi connectivity index (χ3n) is 7.71. The van der Waals surface area contributed by atoms with Crippen molar-refractivity contribution >= 4 is 29.1 Å². The Morgan fingerprint density at radius 2 is 1.77 bits per heavy atom. The Balaban J connectivity index is 1.56. The highest BCUT2D eigenvalue weighted by Crippen LogP contribution is 2.34. The van der Waals surface area contributed by atoms with Gasteiger partial charge in [-0.15, -0.1) is 0 Å². The van der Waals surface area contributed by atoms with Gasteiger partial charge >= 0.3 is 11.7 Å². The van der Waals surface area contributed by atoms with E-state index in [-0.39, 0.29) is 28.7 Å². The molecule has 13 heteroatoms. The van der Waals surface area contributed by atoms with E-state index in [2.05, 4.69) is 4.99 Å². The predicted octanol–water partition coefficient (Wildman–Crippen LogP) is 4.96. The molecule has 0 radical (unpaired) electrons. The van der Waals surface area contributed by atoms with Crippen molar-refractivity contribution in [1.82, 2.24) is 14.3 Å². The number of allylic oxidation sites excluding steroid dienone is 1. The number of hydrogen-bond acceptors (Lipinski definition) is 10. The van der Waals surface area contributed by atoms with Gasteiger partial charge in [-0.3, -0.25) is 19.5 Å². The minimum Gasteiger partial charge on any atom is -0.497 e. The van der Waals surface area contributed by atoms with Crippen LogP contribution in [-0.2, 0) is 9.53 Å². The number of methoxy groups -OCH3 is 2. The molecule has 6 rings (SSSR count). The molecule has 3 heterocycles. The van der Waals surface area contributed by atoms with Gasteiger partial charge in [0.15, 0.2) is 10.6 Å². The van der Waals surface area contributed by atoms with Crippen molar-refractivity contribution in [2.45, 2.75) is 32.9 Å². The smallest absolute Gasteiger partial charge is 0.338 e. The first-order chi connectivity index (χ1) is 23.1. The maximum Gasteiger partial charge on any atom is 0.338 e. The van der Waals surface area contributed by atoms with Crippen LogP contribution in [-0.4, -0.2) is 45.6 Å². The molecule has 0 N–H and O–H groups in total. The molecule has 1 atom stereocenters. The third kappa shape index (κ3) is 6.02. The molecule has 0 saturated heterocycles. The van der Waals surface area contributed by atoms with E-state index in [1.54, 1.807) is 75.2 Å². The maximum atomic E-state index is 14.3. The summed E-state index contributed by atoms with van der Waals surface area (Å²) in [7, 11) is 2.93. The number of fused-ring (bicyclic) bond motifs is 1. The first-order valence-corrected chi connectivity index (χ1v) is 15.8. The van der Waals surface area contributed by atoms with Crippen LogP contribution in [0.5, 0.6) is 11.5 Å². The van der Waals surface area contributed by atoms with Crippen LogP contribution in [0.3, 0.4) is 0 Å². The zero-order valence-corrected chi connectivity index (χ0v) is 27.6. The van der Waals surface area contributed by atoms with E-state index in [0.717, 1.165) is 5.69 Å². The normalized spacial score (nSPS) is 14.5. The van der Waals surface area contributed by atoms with Crippen LogP contribution in [0.1, 0.15) is 37.9 Å². The fourth-order valence-corrected chi connectivity index (χ4v) is 6.55. The number of para-hydroxylation sites is 1. The van der Waals surface area contributed by atoms with Gasteiger partial charge in [0.1, 0.15) is 11.4 Å². The summed E-state index contributed by atoms with van der Waals surface area (Å²) in [6, 6.07) is 20.3. The van der Waals surface area contributed by atoms with Crippen LogP contribution in [0.15, 0.2) is 100 Å². The number of nitro benzene ring substituents is 1. The van der Waals surface area contributed by atoms with E-state index >= 15 is 0 Å². The minimum absolute atomic E-state index is 0.113. The first-order valence-electron chi connectivity index (χ1n) is 14.9. The molecule has 12 nitrogen and oxygen atoms in total. The molecule has 0 spiro atoms. The lowest BCUT2D eigenvalue weighted by molar-refractivity contribution is -0.385. The van der Waals surface area contributed by atoms with E-state index < -0.39 is 16.9 Å². The number of thiazole rings is 1. The van der Waals surface area contributed by atoms with Gasteiger partial charge in [-0.25, -0.2) is 14.5 Å². The van der Waals surface area contributed by atoms with E-state index in [1.807, 2.05) is 30.3 Å². The Labute approximate surface area is 278 Å². The number of aromatic nitrogens is 3. The van der Waals surface area contributed by atoms with Gasteiger partial charge in [-0.2, -0.15) is 5.10 Å². The molecular formula is C35H31N5O7S. The number of rotatable bonds is 9. The Morgan fingerprint density at radius 1 is 1.04 bits per heavy atom. The largest absolute Gasteiger partial charge is 0.497 e. The lowest BCUT2D eigenvalue weighted by Gasteiger charge is -2.25. The molecule has 5 aromatic rings. The van der Waals surface area contributed by atoms with Gasteiger partial charge < -0.3 is 14.2 Å². The lowest BCUT2D eigenvalue weighted by Crippen LogP contribution is -2.40. The second-order valence-corrected chi connectivity index (χ2v) is 12.2. The van der Waals surface area contributed by atoms with Crippen molar-refractivity contribution in [2.24, 2.45) is 4.99 Å². The molecule has 1 aliphatic heterocycles. The second kappa shape index (κ2) is 13.1. The molecular weight excluding hydrogens is 634 g/mol. The van der Waals surface area contributed by atoms with Crippen molar-refractivity contribution < 1.29 is 23.9 Å². The fourth-order valence-electron chi connectivity index (χ4n) is 5.51. The number of carbonyl (C=O) groups excluding carboxylic acids is 1. The van der Waals surface area contributed by atoms with Crippen molar-refractivity contribution in [3.05, 3.63) is 131 Å². The van der Waals surface area contributed by atoms with Gasteiger partial charge in [-0.1, -0.05) is 41.7 Å². The van der Waals surface area contributed by atoms with Crippen LogP contribution in [0.2, 0.25) is 0 Å². The predicted molar refractivity (Wildman–Crippen MR) is 180 cm³/mol. The van der Waals surface area contributed by atoms with Crippen LogP contribution < -0.4 is 24.4 Å². The second-order valence-electron chi connectivity index (χ2n) is 11.2. The monoisotopic (exact) mass is 665 g/mol. The van der Waals surface area contributed by atoms with Gasteiger partial charge in [0, 0.05) is 23.4 Å². The number of esters is 1. The van der Waals surface area contributed by atoms with Crippen molar-refractivity contribution in [1.29, 1.82) is 0 Å². The van der Waals surface area contributed by atoms with E-state index in [0.29, 0.717) is 43.2 Å². The maximum absolute atomic E-state index is 14.3. The summed E-state index contributed by atoms with van der Waals surface area (Å²) in [5.74, 6) is 0.176.